The Labute approximate surface area is 150 Å². The maximum absolute atomic E-state index is 12.0. The number of hydrogen-bond acceptors (Lipinski definition) is 6. The average Bonchev–Trinajstić information content (AvgIpc) is 2.56. The average molecular weight is 373 g/mol. The van der Waals surface area contributed by atoms with E-state index in [0.29, 0.717) is 6.54 Å². The third-order valence-corrected chi connectivity index (χ3v) is 3.21. The Hall–Kier alpha value is -2.48. The molecule has 9 heteroatoms. The molecule has 25 heavy (non-hydrogen) atoms. The van der Waals surface area contributed by atoms with Gasteiger partial charge in [0.15, 0.2) is 18.1 Å². The van der Waals surface area contributed by atoms with E-state index < -0.39 is 24.5 Å². The largest absolute Gasteiger partial charge is 0.493 e. The van der Waals surface area contributed by atoms with Crippen molar-refractivity contribution in [2.24, 2.45) is 5.92 Å². The van der Waals surface area contributed by atoms with Crippen LogP contribution in [-0.2, 0) is 9.53 Å². The van der Waals surface area contributed by atoms with Crippen LogP contribution in [0.25, 0.3) is 0 Å². The summed E-state index contributed by atoms with van der Waals surface area (Å²) in [5.74, 6) is -0.769. The summed E-state index contributed by atoms with van der Waals surface area (Å²) in [5.41, 5.74) is 0.0831. The number of imide groups is 1. The smallest absolute Gasteiger partial charge is 0.338 e. The van der Waals surface area contributed by atoms with E-state index in [4.69, 9.17) is 25.8 Å². The quantitative estimate of drug-likeness (QED) is 0.709. The Morgan fingerprint density at radius 2 is 1.84 bits per heavy atom. The van der Waals surface area contributed by atoms with Crippen molar-refractivity contribution in [1.82, 2.24) is 10.6 Å². The molecule has 0 heterocycles. The predicted molar refractivity (Wildman–Crippen MR) is 91.2 cm³/mol. The predicted octanol–water partition coefficient (Wildman–Crippen LogP) is 2.00. The Balaban J connectivity index is 2.61. The summed E-state index contributed by atoms with van der Waals surface area (Å²) >= 11 is 6.00. The lowest BCUT2D eigenvalue weighted by atomic mass is 10.2. The number of urea groups is 1. The third kappa shape index (κ3) is 6.50. The lowest BCUT2D eigenvalue weighted by molar-refractivity contribution is -0.123. The summed E-state index contributed by atoms with van der Waals surface area (Å²) in [6, 6.07) is 2.06. The number of benzene rings is 1. The number of methoxy groups -OCH3 is 2. The molecule has 0 aromatic heterocycles. The maximum Gasteiger partial charge on any atom is 0.338 e. The van der Waals surface area contributed by atoms with Crippen LogP contribution in [0.1, 0.15) is 24.2 Å². The monoisotopic (exact) mass is 372 g/mol. The van der Waals surface area contributed by atoms with Gasteiger partial charge >= 0.3 is 12.0 Å². The van der Waals surface area contributed by atoms with Crippen LogP contribution in [0.4, 0.5) is 4.79 Å². The van der Waals surface area contributed by atoms with Crippen LogP contribution in [0.15, 0.2) is 12.1 Å². The first-order valence-electron chi connectivity index (χ1n) is 7.44. The molecule has 8 nitrogen and oxygen atoms in total. The summed E-state index contributed by atoms with van der Waals surface area (Å²) in [5, 5.41) is 4.72. The Kier molecular flexibility index (Phi) is 8.00. The van der Waals surface area contributed by atoms with Gasteiger partial charge in [-0.25, -0.2) is 9.59 Å². The SMILES string of the molecule is COc1cc(C(=O)OCC(=O)NC(=O)NCC(C)C)cc(Cl)c1OC. The zero-order chi connectivity index (χ0) is 19.0. The van der Waals surface area contributed by atoms with E-state index in [1.807, 2.05) is 13.8 Å². The zero-order valence-corrected chi connectivity index (χ0v) is 15.2. The van der Waals surface area contributed by atoms with Gasteiger partial charge in [0, 0.05) is 6.54 Å². The molecule has 1 aromatic carbocycles. The van der Waals surface area contributed by atoms with E-state index in [-0.39, 0.29) is 28.0 Å². The summed E-state index contributed by atoms with van der Waals surface area (Å²) < 4.78 is 15.0. The van der Waals surface area contributed by atoms with Crippen LogP contribution in [0.5, 0.6) is 11.5 Å². The number of hydrogen-bond donors (Lipinski definition) is 2. The van der Waals surface area contributed by atoms with E-state index >= 15 is 0 Å². The molecule has 0 aliphatic heterocycles. The molecule has 0 bridgehead atoms. The minimum absolute atomic E-state index is 0.0831. The van der Waals surface area contributed by atoms with Crippen LogP contribution in [-0.4, -0.2) is 45.3 Å². The highest BCUT2D eigenvalue weighted by Crippen LogP contribution is 2.36. The first kappa shape index (κ1) is 20.6. The van der Waals surface area contributed by atoms with Gasteiger partial charge in [0.25, 0.3) is 5.91 Å². The molecule has 2 N–H and O–H groups in total. The minimum atomic E-state index is -0.791. The first-order chi connectivity index (χ1) is 11.8. The van der Waals surface area contributed by atoms with E-state index in [1.54, 1.807) is 0 Å². The molecule has 3 amide bonds. The maximum atomic E-state index is 12.0. The second-order valence-electron chi connectivity index (χ2n) is 5.42. The lowest BCUT2D eigenvalue weighted by Crippen LogP contribution is -2.42. The van der Waals surface area contributed by atoms with Crippen molar-refractivity contribution < 1.29 is 28.6 Å². The van der Waals surface area contributed by atoms with Gasteiger partial charge in [-0.3, -0.25) is 10.1 Å². The summed E-state index contributed by atoms with van der Waals surface area (Å²) in [7, 11) is 2.81. The van der Waals surface area contributed by atoms with E-state index in [9.17, 15) is 14.4 Å². The molecular formula is C16H21ClN2O6. The van der Waals surface area contributed by atoms with Gasteiger partial charge < -0.3 is 19.5 Å². The highest BCUT2D eigenvalue weighted by Gasteiger charge is 2.17. The van der Waals surface area contributed by atoms with Gasteiger partial charge in [0.05, 0.1) is 24.8 Å². The van der Waals surface area contributed by atoms with Gasteiger partial charge in [-0.05, 0) is 18.1 Å². The van der Waals surface area contributed by atoms with Gasteiger partial charge in [-0.15, -0.1) is 0 Å². The number of esters is 1. The number of carbonyl (C=O) groups excluding carboxylic acids is 3. The zero-order valence-electron chi connectivity index (χ0n) is 14.5. The molecule has 0 aliphatic carbocycles. The lowest BCUT2D eigenvalue weighted by Gasteiger charge is -2.12. The Bertz CT molecular complexity index is 648. The van der Waals surface area contributed by atoms with Gasteiger partial charge in [0.2, 0.25) is 0 Å². The summed E-state index contributed by atoms with van der Waals surface area (Å²) in [4.78, 5) is 35.1. The summed E-state index contributed by atoms with van der Waals surface area (Å²) in [6.07, 6.45) is 0. The molecule has 0 saturated heterocycles. The molecular weight excluding hydrogens is 352 g/mol. The standard InChI is InChI=1S/C16H21ClN2O6/c1-9(2)7-18-16(22)19-13(20)8-25-15(21)10-5-11(17)14(24-4)12(6-10)23-3/h5-6,9H,7-8H2,1-4H3,(H2,18,19,20,22). The fourth-order valence-corrected chi connectivity index (χ4v) is 2.04. The molecule has 0 aliphatic rings. The van der Waals surface area contributed by atoms with Crippen molar-refractivity contribution in [3.05, 3.63) is 22.7 Å². The fraction of sp³-hybridized carbons (Fsp3) is 0.438. The van der Waals surface area contributed by atoms with Crippen LogP contribution in [0.3, 0.4) is 0 Å². The van der Waals surface area contributed by atoms with Gasteiger partial charge in [-0.1, -0.05) is 25.4 Å². The van der Waals surface area contributed by atoms with Crippen molar-refractivity contribution in [3.8, 4) is 11.5 Å². The second-order valence-corrected chi connectivity index (χ2v) is 5.83. The van der Waals surface area contributed by atoms with Crippen molar-refractivity contribution in [1.29, 1.82) is 0 Å². The number of ether oxygens (including phenoxy) is 3. The topological polar surface area (TPSA) is 103 Å². The van der Waals surface area contributed by atoms with Crippen molar-refractivity contribution >= 4 is 29.5 Å². The molecule has 0 atom stereocenters. The van der Waals surface area contributed by atoms with Crippen LogP contribution in [0.2, 0.25) is 5.02 Å². The number of rotatable bonds is 7. The van der Waals surface area contributed by atoms with Crippen molar-refractivity contribution in [3.63, 3.8) is 0 Å². The highest BCUT2D eigenvalue weighted by atomic mass is 35.5. The number of amides is 3. The fourth-order valence-electron chi connectivity index (χ4n) is 1.75. The highest BCUT2D eigenvalue weighted by molar-refractivity contribution is 6.32. The second kappa shape index (κ2) is 9.73. The van der Waals surface area contributed by atoms with Crippen molar-refractivity contribution in [2.45, 2.75) is 13.8 Å². The molecule has 0 unspecified atom stereocenters. The molecule has 138 valence electrons. The van der Waals surface area contributed by atoms with Crippen LogP contribution in [0, 0.1) is 5.92 Å². The minimum Gasteiger partial charge on any atom is -0.493 e. The molecule has 0 radical (unpaired) electrons. The van der Waals surface area contributed by atoms with E-state index in [1.165, 1.54) is 26.4 Å². The number of halogens is 1. The molecule has 1 rings (SSSR count). The Morgan fingerprint density at radius 3 is 2.40 bits per heavy atom. The van der Waals surface area contributed by atoms with E-state index in [0.717, 1.165) is 0 Å². The molecule has 1 aromatic rings. The number of nitrogens with one attached hydrogen (secondary N) is 2. The van der Waals surface area contributed by atoms with Gasteiger partial charge in [0.1, 0.15) is 0 Å². The van der Waals surface area contributed by atoms with Crippen molar-refractivity contribution in [2.75, 3.05) is 27.4 Å². The Morgan fingerprint density at radius 1 is 1.16 bits per heavy atom. The number of carbonyl (C=O) groups is 3. The first-order valence-corrected chi connectivity index (χ1v) is 7.82. The summed E-state index contributed by atoms with van der Waals surface area (Å²) in [6.45, 7) is 3.64. The molecule has 0 fully saturated rings. The van der Waals surface area contributed by atoms with Gasteiger partial charge in [-0.2, -0.15) is 0 Å². The normalized spacial score (nSPS) is 10.2. The third-order valence-electron chi connectivity index (χ3n) is 2.93. The molecule has 0 spiro atoms. The van der Waals surface area contributed by atoms with Crippen LogP contribution >= 0.6 is 11.6 Å². The van der Waals surface area contributed by atoms with Crippen LogP contribution < -0.4 is 20.1 Å². The molecule has 0 saturated carbocycles. The van der Waals surface area contributed by atoms with E-state index in [2.05, 4.69) is 10.6 Å².